The van der Waals surface area contributed by atoms with Crippen LogP contribution in [0.25, 0.3) is 0 Å². The lowest BCUT2D eigenvalue weighted by Crippen LogP contribution is -2.43. The van der Waals surface area contributed by atoms with Gasteiger partial charge in [-0.15, -0.1) is 0 Å². The molecule has 0 saturated carbocycles. The summed E-state index contributed by atoms with van der Waals surface area (Å²) in [6.07, 6.45) is -0.453. The lowest BCUT2D eigenvalue weighted by Gasteiger charge is -2.13. The van der Waals surface area contributed by atoms with Gasteiger partial charge in [0.25, 0.3) is 5.91 Å². The fourth-order valence-electron chi connectivity index (χ4n) is 1.31. The van der Waals surface area contributed by atoms with Crippen LogP contribution >= 0.6 is 38.5 Å². The summed E-state index contributed by atoms with van der Waals surface area (Å²) in [5.41, 5.74) is 5.26. The molecule has 0 unspecified atom stereocenters. The van der Waals surface area contributed by atoms with Crippen LogP contribution in [0.3, 0.4) is 0 Å². The molecule has 1 rings (SSSR count). The van der Waals surface area contributed by atoms with Crippen LogP contribution in [0.4, 0.5) is 0 Å². The lowest BCUT2D eigenvalue weighted by molar-refractivity contribution is -0.140. The van der Waals surface area contributed by atoms with Crippen LogP contribution in [-0.2, 0) is 9.59 Å². The normalized spacial score (nSPS) is 11.7. The standard InChI is InChI=1S/C11H10BrIN2O4/c12-5-1-2-7(13)6(3-5)10(17)15-8(11(18)19)4-9(14)16/h1-3,8H,4H2,(H2,14,16)(H,15,17)(H,18,19)/t8-/m0/s1. The number of carbonyl (C=O) groups excluding carboxylic acids is 2. The molecule has 0 aliphatic carbocycles. The largest absolute Gasteiger partial charge is 0.480 e. The Morgan fingerprint density at radius 3 is 2.58 bits per heavy atom. The highest BCUT2D eigenvalue weighted by molar-refractivity contribution is 14.1. The van der Waals surface area contributed by atoms with E-state index in [-0.39, 0.29) is 0 Å². The van der Waals surface area contributed by atoms with E-state index < -0.39 is 30.2 Å². The van der Waals surface area contributed by atoms with Gasteiger partial charge in [0.15, 0.2) is 0 Å². The molecular weight excluding hydrogens is 431 g/mol. The molecule has 0 spiro atoms. The number of hydrogen-bond acceptors (Lipinski definition) is 3. The van der Waals surface area contributed by atoms with E-state index in [4.69, 9.17) is 10.8 Å². The smallest absolute Gasteiger partial charge is 0.326 e. The average Bonchev–Trinajstić information content (AvgIpc) is 2.30. The molecule has 0 aliphatic heterocycles. The van der Waals surface area contributed by atoms with Gasteiger partial charge in [-0.1, -0.05) is 15.9 Å². The molecule has 0 aromatic heterocycles. The van der Waals surface area contributed by atoms with E-state index in [9.17, 15) is 14.4 Å². The van der Waals surface area contributed by atoms with Crippen molar-refractivity contribution in [3.8, 4) is 0 Å². The van der Waals surface area contributed by atoms with Crippen molar-refractivity contribution < 1.29 is 19.5 Å². The van der Waals surface area contributed by atoms with Crippen molar-refractivity contribution in [2.75, 3.05) is 0 Å². The number of benzene rings is 1. The van der Waals surface area contributed by atoms with E-state index in [0.29, 0.717) is 13.6 Å². The number of nitrogens with one attached hydrogen (secondary N) is 1. The van der Waals surface area contributed by atoms with Gasteiger partial charge in [-0.2, -0.15) is 0 Å². The molecule has 1 aromatic rings. The van der Waals surface area contributed by atoms with Crippen LogP contribution < -0.4 is 11.1 Å². The Balaban J connectivity index is 2.90. The van der Waals surface area contributed by atoms with Gasteiger partial charge >= 0.3 is 5.97 Å². The van der Waals surface area contributed by atoms with Gasteiger partial charge in [-0.05, 0) is 40.8 Å². The first-order chi connectivity index (χ1) is 8.81. The number of amides is 2. The number of rotatable bonds is 5. The molecule has 0 bridgehead atoms. The van der Waals surface area contributed by atoms with Crippen molar-refractivity contribution in [3.05, 3.63) is 31.8 Å². The lowest BCUT2D eigenvalue weighted by atomic mass is 10.1. The summed E-state index contributed by atoms with van der Waals surface area (Å²) in [6.45, 7) is 0. The van der Waals surface area contributed by atoms with Crippen molar-refractivity contribution >= 4 is 56.3 Å². The Kier molecular flexibility index (Phi) is 5.73. The first-order valence-electron chi connectivity index (χ1n) is 5.08. The number of carboxylic acid groups (broad SMARTS) is 1. The number of carbonyl (C=O) groups is 3. The molecule has 0 aliphatic rings. The molecular formula is C11H10BrIN2O4. The number of carboxylic acids is 1. The minimum Gasteiger partial charge on any atom is -0.480 e. The summed E-state index contributed by atoms with van der Waals surface area (Å²) in [5, 5.41) is 11.2. The molecule has 6 nitrogen and oxygen atoms in total. The van der Waals surface area contributed by atoms with Crippen LogP contribution in [0.5, 0.6) is 0 Å². The summed E-state index contributed by atoms with van der Waals surface area (Å²) < 4.78 is 1.36. The minimum absolute atomic E-state index is 0.325. The van der Waals surface area contributed by atoms with E-state index in [1.807, 2.05) is 22.6 Å². The highest BCUT2D eigenvalue weighted by Gasteiger charge is 2.23. The van der Waals surface area contributed by atoms with Gasteiger partial charge < -0.3 is 16.2 Å². The second-order valence-corrected chi connectivity index (χ2v) is 5.74. The SMILES string of the molecule is NC(=O)C[C@H](NC(=O)c1cc(Br)ccc1I)C(=O)O. The number of primary amides is 1. The van der Waals surface area contributed by atoms with E-state index in [1.54, 1.807) is 18.2 Å². The van der Waals surface area contributed by atoms with Crippen LogP contribution in [0.15, 0.2) is 22.7 Å². The number of hydrogen-bond donors (Lipinski definition) is 3. The molecule has 4 N–H and O–H groups in total. The third kappa shape index (κ3) is 4.78. The minimum atomic E-state index is -1.33. The fraction of sp³-hybridized carbons (Fsp3) is 0.182. The Morgan fingerprint density at radius 2 is 2.05 bits per heavy atom. The Hall–Kier alpha value is -1.16. The maximum Gasteiger partial charge on any atom is 0.326 e. The molecule has 0 radical (unpaired) electrons. The predicted octanol–water partition coefficient (Wildman–Crippen LogP) is 1.11. The molecule has 19 heavy (non-hydrogen) atoms. The highest BCUT2D eigenvalue weighted by Crippen LogP contribution is 2.18. The maximum atomic E-state index is 12.0. The zero-order valence-corrected chi connectivity index (χ0v) is 13.3. The Labute approximate surface area is 131 Å². The second-order valence-electron chi connectivity index (χ2n) is 3.66. The summed E-state index contributed by atoms with van der Waals surface area (Å²) in [7, 11) is 0. The molecule has 0 saturated heterocycles. The highest BCUT2D eigenvalue weighted by atomic mass is 127. The van der Waals surface area contributed by atoms with Crippen molar-refractivity contribution in [1.29, 1.82) is 0 Å². The van der Waals surface area contributed by atoms with Crippen LogP contribution in [0.1, 0.15) is 16.8 Å². The van der Waals surface area contributed by atoms with E-state index in [1.165, 1.54) is 0 Å². The van der Waals surface area contributed by atoms with Crippen LogP contribution in [0.2, 0.25) is 0 Å². The van der Waals surface area contributed by atoms with Crippen molar-refractivity contribution in [2.45, 2.75) is 12.5 Å². The molecule has 8 heteroatoms. The topological polar surface area (TPSA) is 109 Å². The second kappa shape index (κ2) is 6.85. The molecule has 0 fully saturated rings. The summed E-state index contributed by atoms with van der Waals surface area (Å²) in [6, 6.07) is 3.71. The van der Waals surface area contributed by atoms with Gasteiger partial charge in [0.1, 0.15) is 6.04 Å². The van der Waals surface area contributed by atoms with Gasteiger partial charge in [0.05, 0.1) is 12.0 Å². The van der Waals surface area contributed by atoms with Crippen molar-refractivity contribution in [1.82, 2.24) is 5.32 Å². The Bertz CT molecular complexity index is 535. The number of halogens is 2. The van der Waals surface area contributed by atoms with E-state index >= 15 is 0 Å². The first kappa shape index (κ1) is 15.9. The van der Waals surface area contributed by atoms with Crippen molar-refractivity contribution in [2.24, 2.45) is 5.73 Å². The van der Waals surface area contributed by atoms with Gasteiger partial charge in [0, 0.05) is 8.04 Å². The van der Waals surface area contributed by atoms with Crippen molar-refractivity contribution in [3.63, 3.8) is 0 Å². The zero-order valence-electron chi connectivity index (χ0n) is 9.52. The first-order valence-corrected chi connectivity index (χ1v) is 6.95. The summed E-state index contributed by atoms with van der Waals surface area (Å²) >= 11 is 5.19. The van der Waals surface area contributed by atoms with Gasteiger partial charge in [0.2, 0.25) is 5.91 Å². The maximum absolute atomic E-state index is 12.0. The summed E-state index contributed by atoms with van der Waals surface area (Å²) in [5.74, 6) is -2.67. The fourth-order valence-corrected chi connectivity index (χ4v) is 2.25. The molecule has 1 aromatic carbocycles. The molecule has 1 atom stereocenters. The number of aliphatic carboxylic acids is 1. The van der Waals surface area contributed by atoms with Crippen LogP contribution in [0, 0.1) is 3.57 Å². The molecule has 102 valence electrons. The average molecular weight is 441 g/mol. The monoisotopic (exact) mass is 440 g/mol. The molecule has 2 amide bonds. The van der Waals surface area contributed by atoms with E-state index in [2.05, 4.69) is 21.2 Å². The third-order valence-corrected chi connectivity index (χ3v) is 3.62. The predicted molar refractivity (Wildman–Crippen MR) is 79.6 cm³/mol. The van der Waals surface area contributed by atoms with E-state index in [0.717, 1.165) is 0 Å². The Morgan fingerprint density at radius 1 is 1.42 bits per heavy atom. The van der Waals surface area contributed by atoms with Gasteiger partial charge in [-0.25, -0.2) is 4.79 Å². The molecule has 0 heterocycles. The quantitative estimate of drug-likeness (QED) is 0.596. The summed E-state index contributed by atoms with van der Waals surface area (Å²) in [4.78, 5) is 33.6. The number of nitrogens with two attached hydrogens (primary N) is 1. The van der Waals surface area contributed by atoms with Crippen LogP contribution in [-0.4, -0.2) is 28.9 Å². The van der Waals surface area contributed by atoms with Gasteiger partial charge in [-0.3, -0.25) is 9.59 Å². The third-order valence-electron chi connectivity index (χ3n) is 2.18. The zero-order chi connectivity index (χ0) is 14.6.